The molecule has 0 unspecified atom stereocenters. The summed E-state index contributed by atoms with van der Waals surface area (Å²) >= 11 is 0. The maximum atomic E-state index is 12.7. The second-order valence-electron chi connectivity index (χ2n) is 7.25. The van der Waals surface area contributed by atoms with Crippen molar-refractivity contribution in [2.45, 2.75) is 52.3 Å². The molecule has 0 saturated carbocycles. The molecule has 1 fully saturated rings. The van der Waals surface area contributed by atoms with Gasteiger partial charge < -0.3 is 10.1 Å². The first-order valence-electron chi connectivity index (χ1n) is 9.96. The van der Waals surface area contributed by atoms with Gasteiger partial charge in [-0.15, -0.1) is 0 Å². The number of amides is 1. The standard InChI is InChI=1S/C23H30N2O2/c1-3-21(27-22-13-7-4-10-18(22)2)23(26)24-16-19-11-5-6-12-20(19)17-25-14-8-9-15-25/h4-7,10-13,21H,3,8-9,14-17H2,1-2H3,(H,24,26)/t21-/m0/s1. The van der Waals surface area contributed by atoms with Crippen LogP contribution in [0, 0.1) is 6.92 Å². The summed E-state index contributed by atoms with van der Waals surface area (Å²) in [6, 6.07) is 16.2. The van der Waals surface area contributed by atoms with Crippen molar-refractivity contribution in [1.29, 1.82) is 0 Å². The van der Waals surface area contributed by atoms with Crippen LogP contribution in [0.3, 0.4) is 0 Å². The number of carbonyl (C=O) groups is 1. The van der Waals surface area contributed by atoms with Gasteiger partial charge in [0, 0.05) is 13.1 Å². The van der Waals surface area contributed by atoms with E-state index in [4.69, 9.17) is 4.74 Å². The highest BCUT2D eigenvalue weighted by Gasteiger charge is 2.19. The minimum absolute atomic E-state index is 0.0586. The number of carbonyl (C=O) groups excluding carboxylic acids is 1. The van der Waals surface area contributed by atoms with Crippen molar-refractivity contribution < 1.29 is 9.53 Å². The predicted molar refractivity (Wildman–Crippen MR) is 109 cm³/mol. The molecule has 2 aromatic carbocycles. The fraction of sp³-hybridized carbons (Fsp3) is 0.435. The van der Waals surface area contributed by atoms with Crippen LogP contribution in [-0.2, 0) is 17.9 Å². The summed E-state index contributed by atoms with van der Waals surface area (Å²) < 4.78 is 5.96. The monoisotopic (exact) mass is 366 g/mol. The first-order valence-corrected chi connectivity index (χ1v) is 9.96. The van der Waals surface area contributed by atoms with Gasteiger partial charge in [-0.3, -0.25) is 9.69 Å². The lowest BCUT2D eigenvalue weighted by atomic mass is 10.1. The number of aryl methyl sites for hydroxylation is 1. The Morgan fingerprint density at radius 1 is 1.07 bits per heavy atom. The van der Waals surface area contributed by atoms with Gasteiger partial charge in [0.25, 0.3) is 5.91 Å². The number of para-hydroxylation sites is 1. The molecule has 1 aliphatic rings. The zero-order valence-electron chi connectivity index (χ0n) is 16.4. The summed E-state index contributed by atoms with van der Waals surface area (Å²) in [5.74, 6) is 0.714. The number of nitrogens with zero attached hydrogens (tertiary/aromatic N) is 1. The Morgan fingerprint density at radius 3 is 2.44 bits per heavy atom. The van der Waals surface area contributed by atoms with Crippen LogP contribution in [0.4, 0.5) is 0 Å². The summed E-state index contributed by atoms with van der Waals surface area (Å²) in [4.78, 5) is 15.2. The van der Waals surface area contributed by atoms with E-state index in [2.05, 4.69) is 28.4 Å². The number of rotatable bonds is 8. The molecule has 1 saturated heterocycles. The largest absolute Gasteiger partial charge is 0.480 e. The van der Waals surface area contributed by atoms with E-state index >= 15 is 0 Å². The molecule has 4 heteroatoms. The van der Waals surface area contributed by atoms with Gasteiger partial charge in [-0.1, -0.05) is 49.4 Å². The molecule has 1 heterocycles. The van der Waals surface area contributed by atoms with Crippen molar-refractivity contribution in [2.75, 3.05) is 13.1 Å². The normalized spacial score (nSPS) is 15.5. The lowest BCUT2D eigenvalue weighted by molar-refractivity contribution is -0.128. The van der Waals surface area contributed by atoms with Crippen LogP contribution in [0.1, 0.15) is 42.9 Å². The smallest absolute Gasteiger partial charge is 0.261 e. The van der Waals surface area contributed by atoms with Gasteiger partial charge in [0.1, 0.15) is 5.75 Å². The molecule has 0 aliphatic carbocycles. The number of hydrogen-bond acceptors (Lipinski definition) is 3. The molecule has 1 amide bonds. The molecule has 1 atom stereocenters. The van der Waals surface area contributed by atoms with Crippen LogP contribution in [0.2, 0.25) is 0 Å². The number of hydrogen-bond donors (Lipinski definition) is 1. The average Bonchev–Trinajstić information content (AvgIpc) is 3.19. The van der Waals surface area contributed by atoms with E-state index in [0.29, 0.717) is 13.0 Å². The first kappa shape index (κ1) is 19.4. The third-order valence-corrected chi connectivity index (χ3v) is 5.19. The van der Waals surface area contributed by atoms with E-state index in [1.165, 1.54) is 37.1 Å². The second-order valence-corrected chi connectivity index (χ2v) is 7.25. The van der Waals surface area contributed by atoms with Gasteiger partial charge in [-0.05, 0) is 62.0 Å². The van der Waals surface area contributed by atoms with Crippen LogP contribution >= 0.6 is 0 Å². The molecule has 27 heavy (non-hydrogen) atoms. The molecule has 144 valence electrons. The molecule has 0 bridgehead atoms. The van der Waals surface area contributed by atoms with Crippen molar-refractivity contribution in [3.8, 4) is 5.75 Å². The average molecular weight is 367 g/mol. The third kappa shape index (κ3) is 5.33. The fourth-order valence-corrected chi connectivity index (χ4v) is 3.53. The molecule has 1 N–H and O–H groups in total. The Hall–Kier alpha value is -2.33. The van der Waals surface area contributed by atoms with Gasteiger partial charge in [0.2, 0.25) is 0 Å². The summed E-state index contributed by atoms with van der Waals surface area (Å²) in [6.07, 6.45) is 2.73. The molecular weight excluding hydrogens is 336 g/mol. The lowest BCUT2D eigenvalue weighted by Crippen LogP contribution is -2.38. The van der Waals surface area contributed by atoms with Crippen molar-refractivity contribution in [3.05, 3.63) is 65.2 Å². The first-order chi connectivity index (χ1) is 13.2. The van der Waals surface area contributed by atoms with Gasteiger partial charge in [0.15, 0.2) is 6.10 Å². The zero-order valence-corrected chi connectivity index (χ0v) is 16.4. The van der Waals surface area contributed by atoms with E-state index in [9.17, 15) is 4.79 Å². The molecule has 2 aromatic rings. The minimum atomic E-state index is -0.475. The zero-order chi connectivity index (χ0) is 19.1. The predicted octanol–water partition coefficient (Wildman–Crippen LogP) is 4.06. The van der Waals surface area contributed by atoms with Crippen LogP contribution < -0.4 is 10.1 Å². The summed E-state index contributed by atoms with van der Waals surface area (Å²) in [7, 11) is 0. The van der Waals surface area contributed by atoms with Gasteiger partial charge in [-0.2, -0.15) is 0 Å². The number of likely N-dealkylation sites (tertiary alicyclic amines) is 1. The Morgan fingerprint density at radius 2 is 1.74 bits per heavy atom. The van der Waals surface area contributed by atoms with Crippen LogP contribution in [0.5, 0.6) is 5.75 Å². The molecule has 0 radical (unpaired) electrons. The maximum absolute atomic E-state index is 12.7. The number of nitrogens with one attached hydrogen (secondary N) is 1. The molecule has 1 aliphatic heterocycles. The highest BCUT2D eigenvalue weighted by atomic mass is 16.5. The summed E-state index contributed by atoms with van der Waals surface area (Å²) in [5.41, 5.74) is 3.52. The van der Waals surface area contributed by atoms with Crippen molar-refractivity contribution in [3.63, 3.8) is 0 Å². The molecule has 0 aromatic heterocycles. The molecule has 0 spiro atoms. The Balaban J connectivity index is 1.60. The second kappa shape index (κ2) is 9.56. The Kier molecular flexibility index (Phi) is 6.88. The summed E-state index contributed by atoms with van der Waals surface area (Å²) in [6.45, 7) is 7.81. The van der Waals surface area contributed by atoms with Crippen molar-refractivity contribution in [1.82, 2.24) is 10.2 Å². The van der Waals surface area contributed by atoms with E-state index in [1.807, 2.05) is 44.2 Å². The maximum Gasteiger partial charge on any atom is 0.261 e. The van der Waals surface area contributed by atoms with Crippen LogP contribution in [0.25, 0.3) is 0 Å². The Labute approximate surface area is 162 Å². The quantitative estimate of drug-likeness (QED) is 0.766. The van der Waals surface area contributed by atoms with E-state index in [0.717, 1.165) is 17.9 Å². The highest BCUT2D eigenvalue weighted by Crippen LogP contribution is 2.19. The van der Waals surface area contributed by atoms with Crippen molar-refractivity contribution in [2.24, 2.45) is 0 Å². The topological polar surface area (TPSA) is 41.6 Å². The van der Waals surface area contributed by atoms with E-state index < -0.39 is 6.10 Å². The fourth-order valence-electron chi connectivity index (χ4n) is 3.53. The number of benzene rings is 2. The van der Waals surface area contributed by atoms with E-state index in [-0.39, 0.29) is 5.91 Å². The Bertz CT molecular complexity index is 754. The van der Waals surface area contributed by atoms with Gasteiger partial charge >= 0.3 is 0 Å². The molecule has 3 rings (SSSR count). The highest BCUT2D eigenvalue weighted by molar-refractivity contribution is 5.81. The number of ether oxygens (including phenoxy) is 1. The van der Waals surface area contributed by atoms with Crippen molar-refractivity contribution >= 4 is 5.91 Å². The third-order valence-electron chi connectivity index (χ3n) is 5.19. The molecule has 4 nitrogen and oxygen atoms in total. The van der Waals surface area contributed by atoms with E-state index in [1.54, 1.807) is 0 Å². The van der Waals surface area contributed by atoms with Crippen LogP contribution in [-0.4, -0.2) is 30.0 Å². The SMILES string of the molecule is CC[C@H](Oc1ccccc1C)C(=O)NCc1ccccc1CN1CCCC1. The molecular formula is C23H30N2O2. The van der Waals surface area contributed by atoms with Gasteiger partial charge in [-0.25, -0.2) is 0 Å². The van der Waals surface area contributed by atoms with Crippen LogP contribution in [0.15, 0.2) is 48.5 Å². The lowest BCUT2D eigenvalue weighted by Gasteiger charge is -2.20. The van der Waals surface area contributed by atoms with Gasteiger partial charge in [0.05, 0.1) is 0 Å². The summed E-state index contributed by atoms with van der Waals surface area (Å²) in [5, 5.41) is 3.07. The minimum Gasteiger partial charge on any atom is -0.480 e.